The number of hydrogen-bond acceptors (Lipinski definition) is 4. The van der Waals surface area contributed by atoms with E-state index in [1.165, 1.54) is 0 Å². The fourth-order valence-corrected chi connectivity index (χ4v) is 2.41. The third-order valence-corrected chi connectivity index (χ3v) is 3.70. The van der Waals surface area contributed by atoms with Crippen molar-refractivity contribution in [3.63, 3.8) is 0 Å². The number of anilines is 1. The molecule has 1 aromatic rings. The number of benzene rings is 1. The van der Waals surface area contributed by atoms with Gasteiger partial charge >= 0.3 is 6.03 Å². The van der Waals surface area contributed by atoms with E-state index in [0.717, 1.165) is 6.42 Å². The van der Waals surface area contributed by atoms with Gasteiger partial charge in [-0.15, -0.1) is 0 Å². The molecule has 7 nitrogen and oxygen atoms in total. The van der Waals surface area contributed by atoms with Gasteiger partial charge in [-0.3, -0.25) is 4.79 Å². The number of nitrogens with one attached hydrogen (secondary N) is 3. The van der Waals surface area contributed by atoms with Crippen molar-refractivity contribution in [1.82, 2.24) is 10.6 Å². The van der Waals surface area contributed by atoms with Crippen LogP contribution in [0.5, 0.6) is 0 Å². The minimum absolute atomic E-state index is 0.141. The second-order valence-electron chi connectivity index (χ2n) is 5.35. The summed E-state index contributed by atoms with van der Waals surface area (Å²) < 4.78 is 10.7. The third-order valence-electron chi connectivity index (χ3n) is 3.38. The Morgan fingerprint density at radius 3 is 2.79 bits per heavy atom. The van der Waals surface area contributed by atoms with Crippen LogP contribution in [-0.2, 0) is 9.47 Å². The summed E-state index contributed by atoms with van der Waals surface area (Å²) >= 11 is 6.12. The van der Waals surface area contributed by atoms with Crippen LogP contribution in [0, 0.1) is 0 Å². The quantitative estimate of drug-likeness (QED) is 0.728. The highest BCUT2D eigenvalue weighted by atomic mass is 35.5. The van der Waals surface area contributed by atoms with E-state index in [-0.39, 0.29) is 23.1 Å². The number of ether oxygens (including phenoxy) is 2. The SMILES string of the molecule is CCCNC(=O)c1ccc(NC(=O)NCC2COCCO2)cc1Cl. The molecule has 1 aromatic carbocycles. The molecular formula is C16H22ClN3O4. The van der Waals surface area contributed by atoms with Crippen molar-refractivity contribution in [3.8, 4) is 0 Å². The average Bonchev–Trinajstić information content (AvgIpc) is 2.59. The maximum Gasteiger partial charge on any atom is 0.319 e. The molecule has 1 heterocycles. The molecule has 1 saturated heterocycles. The summed E-state index contributed by atoms with van der Waals surface area (Å²) in [5.74, 6) is -0.229. The molecule has 1 aliphatic rings. The molecule has 0 aliphatic carbocycles. The van der Waals surface area contributed by atoms with E-state index in [4.69, 9.17) is 21.1 Å². The second-order valence-corrected chi connectivity index (χ2v) is 5.76. The zero-order chi connectivity index (χ0) is 17.4. The van der Waals surface area contributed by atoms with Gasteiger partial charge in [0.05, 0.1) is 36.5 Å². The summed E-state index contributed by atoms with van der Waals surface area (Å²) in [4.78, 5) is 23.8. The number of hydrogen-bond donors (Lipinski definition) is 3. The Hall–Kier alpha value is -1.83. The Morgan fingerprint density at radius 2 is 2.12 bits per heavy atom. The highest BCUT2D eigenvalue weighted by Crippen LogP contribution is 2.21. The number of halogens is 1. The first-order valence-corrected chi connectivity index (χ1v) is 8.30. The van der Waals surface area contributed by atoms with E-state index in [9.17, 15) is 9.59 Å². The normalized spacial score (nSPS) is 17.2. The molecule has 8 heteroatoms. The third kappa shape index (κ3) is 5.67. The van der Waals surface area contributed by atoms with Gasteiger partial charge in [0.25, 0.3) is 5.91 Å². The van der Waals surface area contributed by atoms with Gasteiger partial charge < -0.3 is 25.4 Å². The van der Waals surface area contributed by atoms with E-state index in [1.807, 2.05) is 6.92 Å². The number of carbonyl (C=O) groups is 2. The first-order valence-electron chi connectivity index (χ1n) is 7.92. The van der Waals surface area contributed by atoms with Crippen molar-refractivity contribution in [1.29, 1.82) is 0 Å². The van der Waals surface area contributed by atoms with Crippen LogP contribution in [0.3, 0.4) is 0 Å². The Morgan fingerprint density at radius 1 is 1.29 bits per heavy atom. The topological polar surface area (TPSA) is 88.7 Å². The summed E-state index contributed by atoms with van der Waals surface area (Å²) in [7, 11) is 0. The largest absolute Gasteiger partial charge is 0.376 e. The first kappa shape index (κ1) is 18.5. The van der Waals surface area contributed by atoms with Crippen LogP contribution in [0.2, 0.25) is 5.02 Å². The lowest BCUT2D eigenvalue weighted by Gasteiger charge is -2.23. The van der Waals surface area contributed by atoms with Crippen LogP contribution < -0.4 is 16.0 Å². The molecule has 0 aromatic heterocycles. The standard InChI is InChI=1S/C16H22ClN3O4/c1-2-5-18-15(21)13-4-3-11(8-14(13)17)20-16(22)19-9-12-10-23-6-7-24-12/h3-4,8,12H,2,5-7,9-10H2,1H3,(H,18,21)(H2,19,20,22). The summed E-state index contributed by atoms with van der Waals surface area (Å²) in [5.41, 5.74) is 0.884. The summed E-state index contributed by atoms with van der Waals surface area (Å²) in [6, 6.07) is 4.39. The summed E-state index contributed by atoms with van der Waals surface area (Å²) in [6.45, 7) is 4.50. The van der Waals surface area contributed by atoms with E-state index < -0.39 is 0 Å². The zero-order valence-corrected chi connectivity index (χ0v) is 14.3. The molecule has 1 unspecified atom stereocenters. The van der Waals surface area contributed by atoms with E-state index >= 15 is 0 Å². The molecule has 0 radical (unpaired) electrons. The van der Waals surface area contributed by atoms with Crippen LogP contribution >= 0.6 is 11.6 Å². The molecule has 0 bridgehead atoms. The highest BCUT2D eigenvalue weighted by molar-refractivity contribution is 6.34. The monoisotopic (exact) mass is 355 g/mol. The number of carbonyl (C=O) groups excluding carboxylic acids is 2. The predicted molar refractivity (Wildman–Crippen MR) is 91.7 cm³/mol. The predicted octanol–water partition coefficient (Wildman–Crippen LogP) is 2.02. The number of urea groups is 1. The first-order chi connectivity index (χ1) is 11.6. The van der Waals surface area contributed by atoms with Gasteiger partial charge in [0.1, 0.15) is 0 Å². The molecule has 3 amide bonds. The minimum Gasteiger partial charge on any atom is -0.376 e. The Labute approximate surface area is 146 Å². The van der Waals surface area contributed by atoms with Gasteiger partial charge in [0.2, 0.25) is 0 Å². The van der Waals surface area contributed by atoms with Crippen molar-refractivity contribution < 1.29 is 19.1 Å². The van der Waals surface area contributed by atoms with Crippen LogP contribution in [-0.4, -0.2) is 51.0 Å². The zero-order valence-electron chi connectivity index (χ0n) is 13.6. The Bertz CT molecular complexity index is 576. The fourth-order valence-electron chi connectivity index (χ4n) is 2.15. The second kappa shape index (κ2) is 9.46. The van der Waals surface area contributed by atoms with Crippen LogP contribution in [0.4, 0.5) is 10.5 Å². The maximum absolute atomic E-state index is 11.9. The van der Waals surface area contributed by atoms with Gasteiger partial charge in [-0.2, -0.15) is 0 Å². The Kier molecular flexibility index (Phi) is 7.30. The van der Waals surface area contributed by atoms with E-state index in [1.54, 1.807) is 18.2 Å². The molecule has 1 fully saturated rings. The summed E-state index contributed by atoms with van der Waals surface area (Å²) in [6.07, 6.45) is 0.705. The van der Waals surface area contributed by atoms with Gasteiger partial charge in [-0.25, -0.2) is 4.79 Å². The molecule has 2 rings (SSSR count). The lowest BCUT2D eigenvalue weighted by atomic mass is 10.2. The maximum atomic E-state index is 11.9. The molecule has 3 N–H and O–H groups in total. The molecule has 1 aliphatic heterocycles. The van der Waals surface area contributed by atoms with E-state index in [2.05, 4.69) is 16.0 Å². The average molecular weight is 356 g/mol. The molecule has 132 valence electrons. The highest BCUT2D eigenvalue weighted by Gasteiger charge is 2.15. The molecule has 0 saturated carbocycles. The van der Waals surface area contributed by atoms with E-state index in [0.29, 0.717) is 44.2 Å². The molecule has 1 atom stereocenters. The van der Waals surface area contributed by atoms with Crippen molar-refractivity contribution in [2.75, 3.05) is 38.2 Å². The lowest BCUT2D eigenvalue weighted by molar-refractivity contribution is -0.0852. The van der Waals surface area contributed by atoms with Crippen molar-refractivity contribution in [2.24, 2.45) is 0 Å². The van der Waals surface area contributed by atoms with Gasteiger partial charge in [-0.1, -0.05) is 18.5 Å². The van der Waals surface area contributed by atoms with Crippen molar-refractivity contribution in [2.45, 2.75) is 19.4 Å². The Balaban J connectivity index is 1.84. The number of rotatable bonds is 6. The van der Waals surface area contributed by atoms with Crippen LogP contribution in [0.25, 0.3) is 0 Å². The van der Waals surface area contributed by atoms with Gasteiger partial charge in [0.15, 0.2) is 0 Å². The number of amides is 3. The fraction of sp³-hybridized carbons (Fsp3) is 0.500. The smallest absolute Gasteiger partial charge is 0.319 e. The van der Waals surface area contributed by atoms with Gasteiger partial charge in [-0.05, 0) is 24.6 Å². The van der Waals surface area contributed by atoms with Gasteiger partial charge in [0, 0.05) is 18.8 Å². The van der Waals surface area contributed by atoms with Crippen LogP contribution in [0.15, 0.2) is 18.2 Å². The van der Waals surface area contributed by atoms with Crippen molar-refractivity contribution in [3.05, 3.63) is 28.8 Å². The summed E-state index contributed by atoms with van der Waals surface area (Å²) in [5, 5.41) is 8.42. The lowest BCUT2D eigenvalue weighted by Crippen LogP contribution is -2.41. The van der Waals surface area contributed by atoms with Crippen LogP contribution in [0.1, 0.15) is 23.7 Å². The molecule has 24 heavy (non-hydrogen) atoms. The molecule has 0 spiro atoms. The minimum atomic E-state index is -0.372. The van der Waals surface area contributed by atoms with Crippen molar-refractivity contribution >= 4 is 29.2 Å². The molecular weight excluding hydrogens is 334 g/mol.